The maximum absolute atomic E-state index is 2.51. The molecule has 0 saturated heterocycles. The van der Waals surface area contributed by atoms with Gasteiger partial charge in [0.1, 0.15) is 0 Å². The molecular formula is C10H16. The molecule has 0 N–H and O–H groups in total. The molecule has 0 aromatic rings. The van der Waals surface area contributed by atoms with Crippen molar-refractivity contribution in [3.05, 3.63) is 0 Å². The highest BCUT2D eigenvalue weighted by molar-refractivity contribution is 5.29. The fourth-order valence-corrected chi connectivity index (χ4v) is 4.12. The van der Waals surface area contributed by atoms with Crippen molar-refractivity contribution in [2.24, 2.45) is 22.7 Å². The molecule has 3 atom stereocenters. The zero-order chi connectivity index (χ0) is 6.98. The van der Waals surface area contributed by atoms with Crippen LogP contribution in [0.2, 0.25) is 0 Å². The molecule has 3 fully saturated rings. The maximum atomic E-state index is 2.51. The second kappa shape index (κ2) is 1.19. The van der Waals surface area contributed by atoms with Gasteiger partial charge in [0.15, 0.2) is 0 Å². The third-order valence-corrected chi connectivity index (χ3v) is 4.58. The molecule has 3 saturated carbocycles. The summed E-state index contributed by atoms with van der Waals surface area (Å²) >= 11 is 0. The second-order valence-corrected chi connectivity index (χ2v) is 5.04. The zero-order valence-electron chi connectivity index (χ0n) is 6.98. The topological polar surface area (TPSA) is 0 Å². The predicted molar refractivity (Wildman–Crippen MR) is 41.7 cm³/mol. The van der Waals surface area contributed by atoms with Crippen LogP contribution in [0.1, 0.15) is 39.5 Å². The lowest BCUT2D eigenvalue weighted by Crippen LogP contribution is -2.24. The number of fused-ring (bicyclic) bond motifs is 2. The van der Waals surface area contributed by atoms with Crippen molar-refractivity contribution >= 4 is 0 Å². The van der Waals surface area contributed by atoms with Gasteiger partial charge >= 0.3 is 0 Å². The van der Waals surface area contributed by atoms with Crippen molar-refractivity contribution < 1.29 is 0 Å². The Bertz CT molecular complexity index is 190. The Hall–Kier alpha value is 0. The lowest BCUT2D eigenvalue weighted by Gasteiger charge is -2.31. The normalized spacial score (nSPS) is 59.4. The molecule has 0 aliphatic heterocycles. The van der Waals surface area contributed by atoms with E-state index in [1.54, 1.807) is 19.3 Å². The fraction of sp³-hybridized carbons (Fsp3) is 1.00. The molecule has 0 aromatic heterocycles. The van der Waals surface area contributed by atoms with Gasteiger partial charge in [0.05, 0.1) is 0 Å². The minimum atomic E-state index is 0.852. The van der Waals surface area contributed by atoms with Gasteiger partial charge in [0.25, 0.3) is 0 Å². The molecule has 3 unspecified atom stereocenters. The van der Waals surface area contributed by atoms with Crippen LogP contribution in [-0.2, 0) is 0 Å². The van der Waals surface area contributed by atoms with Crippen LogP contribution in [0.4, 0.5) is 0 Å². The first-order chi connectivity index (χ1) is 4.73. The SMILES string of the molecule is CCC1C2C3(CC3)CC12C. The minimum Gasteiger partial charge on any atom is -0.0651 e. The Kier molecular flexibility index (Phi) is 0.669. The Morgan fingerprint density at radius 2 is 2.10 bits per heavy atom. The van der Waals surface area contributed by atoms with Crippen molar-refractivity contribution in [2.45, 2.75) is 39.5 Å². The van der Waals surface area contributed by atoms with E-state index in [1.807, 2.05) is 0 Å². The minimum absolute atomic E-state index is 0.852. The van der Waals surface area contributed by atoms with Crippen LogP contribution in [0.3, 0.4) is 0 Å². The lowest BCUT2D eigenvalue weighted by atomic mass is 9.73. The maximum Gasteiger partial charge on any atom is -0.0253 e. The summed E-state index contributed by atoms with van der Waals surface area (Å²) < 4.78 is 0. The zero-order valence-corrected chi connectivity index (χ0v) is 6.98. The molecule has 3 aliphatic rings. The van der Waals surface area contributed by atoms with Crippen molar-refractivity contribution in [1.29, 1.82) is 0 Å². The summed E-state index contributed by atoms with van der Waals surface area (Å²) in [6.45, 7) is 4.87. The summed E-state index contributed by atoms with van der Waals surface area (Å²) in [5.41, 5.74) is 1.79. The fourth-order valence-electron chi connectivity index (χ4n) is 4.12. The van der Waals surface area contributed by atoms with E-state index >= 15 is 0 Å². The predicted octanol–water partition coefficient (Wildman–Crippen LogP) is 2.83. The van der Waals surface area contributed by atoms with Crippen molar-refractivity contribution in [1.82, 2.24) is 0 Å². The van der Waals surface area contributed by atoms with Gasteiger partial charge in [-0.3, -0.25) is 0 Å². The summed E-state index contributed by atoms with van der Waals surface area (Å²) in [7, 11) is 0. The van der Waals surface area contributed by atoms with E-state index in [0.717, 1.165) is 16.7 Å². The van der Waals surface area contributed by atoms with E-state index in [2.05, 4.69) is 13.8 Å². The van der Waals surface area contributed by atoms with Crippen LogP contribution < -0.4 is 0 Å². The molecule has 0 amide bonds. The molecule has 10 heavy (non-hydrogen) atoms. The third-order valence-electron chi connectivity index (χ3n) is 4.58. The summed E-state index contributed by atoms with van der Waals surface area (Å²) in [5, 5.41) is 0. The van der Waals surface area contributed by atoms with Crippen LogP contribution >= 0.6 is 0 Å². The van der Waals surface area contributed by atoms with Gasteiger partial charge in [0, 0.05) is 0 Å². The molecule has 0 bridgehead atoms. The van der Waals surface area contributed by atoms with Crippen LogP contribution in [0.15, 0.2) is 0 Å². The van der Waals surface area contributed by atoms with Gasteiger partial charge in [-0.25, -0.2) is 0 Å². The van der Waals surface area contributed by atoms with Crippen LogP contribution in [0.5, 0.6) is 0 Å². The third kappa shape index (κ3) is 0.360. The standard InChI is InChI=1S/C10H16/c1-3-7-8-9(7,2)6-10(8)4-5-10/h7-8H,3-6H2,1-2H3. The highest BCUT2D eigenvalue weighted by Gasteiger charge is 2.81. The van der Waals surface area contributed by atoms with E-state index in [9.17, 15) is 0 Å². The van der Waals surface area contributed by atoms with E-state index in [-0.39, 0.29) is 0 Å². The van der Waals surface area contributed by atoms with Crippen LogP contribution in [0.25, 0.3) is 0 Å². The number of hydrogen-bond donors (Lipinski definition) is 0. The van der Waals surface area contributed by atoms with E-state index in [4.69, 9.17) is 0 Å². The van der Waals surface area contributed by atoms with Crippen LogP contribution in [-0.4, -0.2) is 0 Å². The average molecular weight is 136 g/mol. The summed E-state index contributed by atoms with van der Waals surface area (Å²) in [5.74, 6) is 2.32. The Balaban J connectivity index is 1.86. The van der Waals surface area contributed by atoms with E-state index in [0.29, 0.717) is 0 Å². The first-order valence-electron chi connectivity index (χ1n) is 4.73. The molecule has 0 aromatic carbocycles. The van der Waals surface area contributed by atoms with Crippen molar-refractivity contribution in [3.8, 4) is 0 Å². The van der Waals surface area contributed by atoms with Crippen molar-refractivity contribution in [2.75, 3.05) is 0 Å². The van der Waals surface area contributed by atoms with Gasteiger partial charge in [-0.05, 0) is 41.9 Å². The summed E-state index contributed by atoms with van der Waals surface area (Å²) in [6.07, 6.45) is 6.18. The molecule has 1 spiro atoms. The molecule has 0 nitrogen and oxygen atoms in total. The monoisotopic (exact) mass is 136 g/mol. The lowest BCUT2D eigenvalue weighted by molar-refractivity contribution is 0.172. The molecule has 3 aliphatic carbocycles. The molecule has 3 rings (SSSR count). The smallest absolute Gasteiger partial charge is 0.0253 e. The van der Waals surface area contributed by atoms with E-state index in [1.165, 1.54) is 12.3 Å². The highest BCUT2D eigenvalue weighted by Crippen LogP contribution is 2.88. The first-order valence-corrected chi connectivity index (χ1v) is 4.73. The molecule has 56 valence electrons. The Labute approximate surface area is 63.0 Å². The van der Waals surface area contributed by atoms with Gasteiger partial charge in [-0.1, -0.05) is 20.3 Å². The van der Waals surface area contributed by atoms with Gasteiger partial charge < -0.3 is 0 Å². The highest BCUT2D eigenvalue weighted by atomic mass is 14.8. The number of rotatable bonds is 1. The van der Waals surface area contributed by atoms with Crippen LogP contribution in [0, 0.1) is 22.7 Å². The van der Waals surface area contributed by atoms with Gasteiger partial charge in [0.2, 0.25) is 0 Å². The van der Waals surface area contributed by atoms with Gasteiger partial charge in [-0.15, -0.1) is 0 Å². The van der Waals surface area contributed by atoms with Gasteiger partial charge in [-0.2, -0.15) is 0 Å². The van der Waals surface area contributed by atoms with E-state index < -0.39 is 0 Å². The molecule has 0 heterocycles. The summed E-state index contributed by atoms with van der Waals surface area (Å²) in [6, 6.07) is 0. The first kappa shape index (κ1) is 5.62. The Morgan fingerprint density at radius 3 is 2.40 bits per heavy atom. The molecular weight excluding hydrogens is 120 g/mol. The second-order valence-electron chi connectivity index (χ2n) is 5.04. The van der Waals surface area contributed by atoms with Crippen molar-refractivity contribution in [3.63, 3.8) is 0 Å². The average Bonchev–Trinajstić information content (AvgIpc) is 2.68. The summed E-state index contributed by atoms with van der Waals surface area (Å²) in [4.78, 5) is 0. The Morgan fingerprint density at radius 1 is 1.40 bits per heavy atom. The molecule has 0 radical (unpaired) electrons. The largest absolute Gasteiger partial charge is 0.0651 e. The quantitative estimate of drug-likeness (QED) is 0.520. The molecule has 0 heteroatoms. The number of hydrogen-bond acceptors (Lipinski definition) is 0.